The van der Waals surface area contributed by atoms with E-state index in [0.717, 1.165) is 32.8 Å². The van der Waals surface area contributed by atoms with E-state index >= 15 is 0 Å². The lowest BCUT2D eigenvalue weighted by molar-refractivity contribution is 0.174. The standard InChI is InChI=1S/C18H17BrN6O2S/c1-11(13-5-6-15-16(8-13)27-10-26-15)21-22-17-23-24-18(25(17)20)28-9-12-3-2-4-14(19)7-12/h2-8H,9-10,20H2,1H3,(H,22,23)/b21-11+. The lowest BCUT2D eigenvalue weighted by Gasteiger charge is -2.05. The van der Waals surface area contributed by atoms with Crippen molar-refractivity contribution in [1.29, 1.82) is 0 Å². The van der Waals surface area contributed by atoms with Gasteiger partial charge in [0.15, 0.2) is 11.5 Å². The number of hydrogen-bond donors (Lipinski definition) is 2. The number of hydrazone groups is 1. The summed E-state index contributed by atoms with van der Waals surface area (Å²) in [6, 6.07) is 13.8. The van der Waals surface area contributed by atoms with Gasteiger partial charge in [0.1, 0.15) is 0 Å². The van der Waals surface area contributed by atoms with Crippen LogP contribution in [0.15, 0.2) is 57.2 Å². The number of halogens is 1. The number of aromatic nitrogens is 3. The van der Waals surface area contributed by atoms with Gasteiger partial charge in [-0.05, 0) is 42.8 Å². The third-order valence-electron chi connectivity index (χ3n) is 4.04. The van der Waals surface area contributed by atoms with Gasteiger partial charge in [-0.25, -0.2) is 10.1 Å². The zero-order chi connectivity index (χ0) is 19.5. The van der Waals surface area contributed by atoms with E-state index in [1.54, 1.807) is 0 Å². The molecule has 1 aliphatic rings. The van der Waals surface area contributed by atoms with Crippen molar-refractivity contribution >= 4 is 39.4 Å². The van der Waals surface area contributed by atoms with Gasteiger partial charge in [0.05, 0.1) is 5.71 Å². The predicted octanol–water partition coefficient (Wildman–Crippen LogP) is 3.61. The van der Waals surface area contributed by atoms with E-state index in [2.05, 4.69) is 42.7 Å². The highest BCUT2D eigenvalue weighted by Crippen LogP contribution is 2.32. The summed E-state index contributed by atoms with van der Waals surface area (Å²) < 4.78 is 13.1. The Labute approximate surface area is 174 Å². The molecule has 0 spiro atoms. The van der Waals surface area contributed by atoms with Gasteiger partial charge in [-0.2, -0.15) is 5.10 Å². The van der Waals surface area contributed by atoms with Crippen molar-refractivity contribution in [3.8, 4) is 11.5 Å². The molecule has 0 unspecified atom stereocenters. The summed E-state index contributed by atoms with van der Waals surface area (Å²) in [7, 11) is 0. The summed E-state index contributed by atoms with van der Waals surface area (Å²) in [6.07, 6.45) is 0. The number of fused-ring (bicyclic) bond motifs is 1. The summed E-state index contributed by atoms with van der Waals surface area (Å²) in [5.41, 5.74) is 5.69. The van der Waals surface area contributed by atoms with Crippen LogP contribution in [-0.2, 0) is 5.75 Å². The maximum absolute atomic E-state index is 6.09. The normalized spacial score (nSPS) is 13.0. The van der Waals surface area contributed by atoms with Crippen molar-refractivity contribution in [2.45, 2.75) is 17.8 Å². The van der Waals surface area contributed by atoms with Gasteiger partial charge in [0, 0.05) is 15.8 Å². The summed E-state index contributed by atoms with van der Waals surface area (Å²) in [4.78, 5) is 0. The van der Waals surface area contributed by atoms with E-state index in [0.29, 0.717) is 16.9 Å². The maximum Gasteiger partial charge on any atom is 0.264 e. The lowest BCUT2D eigenvalue weighted by atomic mass is 10.1. The van der Waals surface area contributed by atoms with Gasteiger partial charge >= 0.3 is 0 Å². The number of nitrogens with zero attached hydrogens (tertiary/aromatic N) is 4. The zero-order valence-electron chi connectivity index (χ0n) is 14.9. The van der Waals surface area contributed by atoms with Gasteiger partial charge in [-0.3, -0.25) is 0 Å². The molecule has 0 saturated heterocycles. The number of nitrogens with one attached hydrogen (secondary N) is 1. The fraction of sp³-hybridized carbons (Fsp3) is 0.167. The van der Waals surface area contributed by atoms with E-state index in [1.807, 2.05) is 43.3 Å². The molecule has 28 heavy (non-hydrogen) atoms. The first kappa shape index (κ1) is 18.6. The molecule has 2 aromatic carbocycles. The highest BCUT2D eigenvalue weighted by atomic mass is 79.9. The molecular weight excluding hydrogens is 444 g/mol. The Kier molecular flexibility index (Phi) is 5.40. The molecule has 0 fully saturated rings. The van der Waals surface area contributed by atoms with Crippen LogP contribution >= 0.6 is 27.7 Å². The first-order valence-electron chi connectivity index (χ1n) is 8.38. The molecule has 1 aromatic heterocycles. The SMILES string of the molecule is C/C(=N\Nc1nnc(SCc2cccc(Br)c2)n1N)c1ccc2c(c1)OCO2. The predicted molar refractivity (Wildman–Crippen MR) is 112 cm³/mol. The topological polar surface area (TPSA) is 99.6 Å². The molecule has 3 N–H and O–H groups in total. The van der Waals surface area contributed by atoms with Crippen LogP contribution in [0.1, 0.15) is 18.1 Å². The van der Waals surface area contributed by atoms with Crippen molar-refractivity contribution in [2.75, 3.05) is 18.1 Å². The largest absolute Gasteiger partial charge is 0.454 e. The number of benzene rings is 2. The van der Waals surface area contributed by atoms with E-state index in [1.165, 1.54) is 16.4 Å². The van der Waals surface area contributed by atoms with Gasteiger partial charge in [0.2, 0.25) is 11.9 Å². The van der Waals surface area contributed by atoms with Crippen LogP contribution in [0.2, 0.25) is 0 Å². The Morgan fingerprint density at radius 3 is 2.96 bits per heavy atom. The molecule has 0 amide bonds. The van der Waals surface area contributed by atoms with Crippen LogP contribution in [0.4, 0.5) is 5.95 Å². The van der Waals surface area contributed by atoms with Crippen LogP contribution in [0.25, 0.3) is 0 Å². The molecule has 144 valence electrons. The smallest absolute Gasteiger partial charge is 0.264 e. The molecule has 0 atom stereocenters. The van der Waals surface area contributed by atoms with Crippen LogP contribution < -0.4 is 20.7 Å². The molecule has 10 heteroatoms. The van der Waals surface area contributed by atoms with Crippen molar-refractivity contribution in [3.05, 3.63) is 58.1 Å². The van der Waals surface area contributed by atoms with Crippen LogP contribution in [0.3, 0.4) is 0 Å². The van der Waals surface area contributed by atoms with Crippen LogP contribution in [-0.4, -0.2) is 27.4 Å². The minimum absolute atomic E-state index is 0.240. The van der Waals surface area contributed by atoms with Gasteiger partial charge in [-0.15, -0.1) is 10.2 Å². The molecule has 4 rings (SSSR count). The molecule has 0 saturated carbocycles. The van der Waals surface area contributed by atoms with Crippen molar-refractivity contribution in [3.63, 3.8) is 0 Å². The average molecular weight is 461 g/mol. The molecular formula is C18H17BrN6O2S. The lowest BCUT2D eigenvalue weighted by Crippen LogP contribution is -2.13. The number of ether oxygens (including phenoxy) is 2. The van der Waals surface area contributed by atoms with Crippen molar-refractivity contribution in [1.82, 2.24) is 14.9 Å². The second-order valence-corrected chi connectivity index (χ2v) is 7.83. The Hall–Kier alpha value is -2.72. The van der Waals surface area contributed by atoms with E-state index in [9.17, 15) is 0 Å². The molecule has 8 nitrogen and oxygen atoms in total. The number of anilines is 1. The number of nitrogens with two attached hydrogens (primary N) is 1. The monoisotopic (exact) mass is 460 g/mol. The third kappa shape index (κ3) is 4.07. The Bertz CT molecular complexity index is 1040. The number of rotatable bonds is 6. The van der Waals surface area contributed by atoms with E-state index < -0.39 is 0 Å². The zero-order valence-corrected chi connectivity index (χ0v) is 17.3. The minimum atomic E-state index is 0.240. The highest BCUT2D eigenvalue weighted by molar-refractivity contribution is 9.10. The molecule has 1 aliphatic heterocycles. The summed E-state index contributed by atoms with van der Waals surface area (Å²) in [5, 5.41) is 13.1. The number of nitrogen functional groups attached to an aromatic ring is 1. The first-order chi connectivity index (χ1) is 13.6. The van der Waals surface area contributed by atoms with E-state index in [4.69, 9.17) is 15.3 Å². The maximum atomic E-state index is 6.09. The molecule has 0 radical (unpaired) electrons. The Morgan fingerprint density at radius 1 is 1.25 bits per heavy atom. The average Bonchev–Trinajstić information content (AvgIpc) is 3.30. The molecule has 2 heterocycles. The molecule has 3 aromatic rings. The number of hydrogen-bond acceptors (Lipinski definition) is 8. The van der Waals surface area contributed by atoms with Crippen molar-refractivity contribution in [2.24, 2.45) is 5.10 Å². The number of thioether (sulfide) groups is 1. The van der Waals surface area contributed by atoms with Gasteiger partial charge < -0.3 is 15.3 Å². The van der Waals surface area contributed by atoms with Crippen molar-refractivity contribution < 1.29 is 9.47 Å². The summed E-state index contributed by atoms with van der Waals surface area (Å²) in [6.45, 7) is 2.12. The minimum Gasteiger partial charge on any atom is -0.454 e. The quantitative estimate of drug-likeness (QED) is 0.250. The Balaban J connectivity index is 1.42. The van der Waals surface area contributed by atoms with Gasteiger partial charge in [0.25, 0.3) is 5.95 Å². The first-order valence-corrected chi connectivity index (χ1v) is 10.2. The fourth-order valence-electron chi connectivity index (χ4n) is 2.55. The second-order valence-electron chi connectivity index (χ2n) is 5.97. The van der Waals surface area contributed by atoms with E-state index in [-0.39, 0.29) is 6.79 Å². The molecule has 0 bridgehead atoms. The fourth-order valence-corrected chi connectivity index (χ4v) is 3.79. The second kappa shape index (κ2) is 8.11. The van der Waals surface area contributed by atoms with Crippen LogP contribution in [0.5, 0.6) is 11.5 Å². The Morgan fingerprint density at radius 2 is 2.11 bits per heavy atom. The summed E-state index contributed by atoms with van der Waals surface area (Å²) in [5.74, 6) is 8.62. The molecule has 0 aliphatic carbocycles. The van der Waals surface area contributed by atoms with Gasteiger partial charge in [-0.1, -0.05) is 39.8 Å². The highest BCUT2D eigenvalue weighted by Gasteiger charge is 2.14. The van der Waals surface area contributed by atoms with Crippen LogP contribution in [0, 0.1) is 0 Å². The third-order valence-corrected chi connectivity index (χ3v) is 5.54. The summed E-state index contributed by atoms with van der Waals surface area (Å²) >= 11 is 4.97.